The minimum atomic E-state index is -0.0648. The number of allylic oxidation sites excluding steroid dienone is 2. The summed E-state index contributed by atoms with van der Waals surface area (Å²) in [5, 5.41) is 0. The maximum absolute atomic E-state index is 11.1. The first-order valence-electron chi connectivity index (χ1n) is 4.30. The Morgan fingerprint density at radius 1 is 1.42 bits per heavy atom. The van der Waals surface area contributed by atoms with Crippen LogP contribution in [0.4, 0.5) is 0 Å². The van der Waals surface area contributed by atoms with E-state index in [0.29, 0.717) is 11.8 Å². The largest absolute Gasteiger partial charge is 0.469 e. The number of carbonyl (C=O) groups excluding carboxylic acids is 1. The van der Waals surface area contributed by atoms with Crippen molar-refractivity contribution in [1.29, 1.82) is 0 Å². The van der Waals surface area contributed by atoms with Gasteiger partial charge in [0.2, 0.25) is 0 Å². The van der Waals surface area contributed by atoms with Crippen LogP contribution in [-0.2, 0) is 9.53 Å². The van der Waals surface area contributed by atoms with Crippen LogP contribution in [0.5, 0.6) is 0 Å². The van der Waals surface area contributed by atoms with E-state index in [-0.39, 0.29) is 11.9 Å². The Labute approximate surface area is 73.6 Å². The fourth-order valence-electron chi connectivity index (χ4n) is 1.64. The molecule has 0 saturated heterocycles. The second kappa shape index (κ2) is 3.30. The molecule has 0 aliphatic heterocycles. The van der Waals surface area contributed by atoms with Gasteiger partial charge < -0.3 is 4.74 Å². The number of ether oxygens (including phenoxy) is 1. The second-order valence-electron chi connectivity index (χ2n) is 3.73. The maximum Gasteiger partial charge on any atom is 0.309 e. The molecule has 1 aliphatic carbocycles. The van der Waals surface area contributed by atoms with Gasteiger partial charge in [-0.1, -0.05) is 18.6 Å². The summed E-state index contributed by atoms with van der Waals surface area (Å²) in [7, 11) is 1.45. The van der Waals surface area contributed by atoms with E-state index < -0.39 is 0 Å². The molecule has 0 amide bonds. The molecule has 1 saturated carbocycles. The molecule has 68 valence electrons. The number of rotatable bonds is 2. The minimum Gasteiger partial charge on any atom is -0.469 e. The van der Waals surface area contributed by atoms with Crippen molar-refractivity contribution in [2.75, 3.05) is 7.11 Å². The Morgan fingerprint density at radius 3 is 2.42 bits per heavy atom. The highest BCUT2D eigenvalue weighted by atomic mass is 16.5. The summed E-state index contributed by atoms with van der Waals surface area (Å²) in [6.45, 7) is 6.20. The zero-order valence-corrected chi connectivity index (χ0v) is 8.13. The fourth-order valence-corrected chi connectivity index (χ4v) is 1.64. The molecule has 3 unspecified atom stereocenters. The van der Waals surface area contributed by atoms with E-state index >= 15 is 0 Å². The lowest BCUT2D eigenvalue weighted by Gasteiger charge is -1.94. The lowest BCUT2D eigenvalue weighted by Crippen LogP contribution is -2.04. The fraction of sp³-hybridized carbons (Fsp3) is 0.700. The van der Waals surface area contributed by atoms with Gasteiger partial charge in [0.05, 0.1) is 13.0 Å². The van der Waals surface area contributed by atoms with Crippen LogP contribution in [0.3, 0.4) is 0 Å². The van der Waals surface area contributed by atoms with Crippen LogP contribution in [0.15, 0.2) is 11.6 Å². The number of methoxy groups -OCH3 is 1. The lowest BCUT2D eigenvalue weighted by atomic mass is 10.2. The van der Waals surface area contributed by atoms with Crippen LogP contribution in [0.2, 0.25) is 0 Å². The lowest BCUT2D eigenvalue weighted by molar-refractivity contribution is -0.142. The first-order chi connectivity index (χ1) is 5.57. The van der Waals surface area contributed by atoms with Crippen molar-refractivity contribution in [2.24, 2.45) is 17.8 Å². The monoisotopic (exact) mass is 168 g/mol. The van der Waals surface area contributed by atoms with Gasteiger partial charge in [-0.15, -0.1) is 0 Å². The highest BCUT2D eigenvalue weighted by Gasteiger charge is 2.50. The third-order valence-electron chi connectivity index (χ3n) is 2.45. The highest BCUT2D eigenvalue weighted by molar-refractivity contribution is 5.76. The van der Waals surface area contributed by atoms with E-state index in [9.17, 15) is 4.79 Å². The van der Waals surface area contributed by atoms with Crippen molar-refractivity contribution in [3.63, 3.8) is 0 Å². The molecule has 0 aromatic heterocycles. The van der Waals surface area contributed by atoms with Gasteiger partial charge in [-0.25, -0.2) is 0 Å². The quantitative estimate of drug-likeness (QED) is 0.465. The van der Waals surface area contributed by atoms with E-state index in [1.54, 1.807) is 0 Å². The number of esters is 1. The third-order valence-corrected chi connectivity index (χ3v) is 2.45. The van der Waals surface area contributed by atoms with Gasteiger partial charge >= 0.3 is 5.97 Å². The van der Waals surface area contributed by atoms with E-state index in [2.05, 4.69) is 31.6 Å². The molecule has 0 N–H and O–H groups in total. The zero-order valence-electron chi connectivity index (χ0n) is 8.13. The summed E-state index contributed by atoms with van der Waals surface area (Å²) < 4.78 is 4.69. The molecule has 1 aliphatic rings. The molecule has 12 heavy (non-hydrogen) atoms. The van der Waals surface area contributed by atoms with E-state index in [0.717, 1.165) is 0 Å². The van der Waals surface area contributed by atoms with E-state index in [1.165, 1.54) is 12.7 Å². The zero-order chi connectivity index (χ0) is 9.30. The van der Waals surface area contributed by atoms with Crippen molar-refractivity contribution < 1.29 is 9.53 Å². The van der Waals surface area contributed by atoms with Crippen molar-refractivity contribution in [2.45, 2.75) is 20.8 Å². The summed E-state index contributed by atoms with van der Waals surface area (Å²) in [6, 6.07) is 0. The maximum atomic E-state index is 11.1. The van der Waals surface area contributed by atoms with Crippen LogP contribution < -0.4 is 0 Å². The van der Waals surface area contributed by atoms with Crippen molar-refractivity contribution in [3.05, 3.63) is 11.6 Å². The van der Waals surface area contributed by atoms with Gasteiger partial charge in [0.25, 0.3) is 0 Å². The van der Waals surface area contributed by atoms with Gasteiger partial charge in [0.15, 0.2) is 0 Å². The van der Waals surface area contributed by atoms with Gasteiger partial charge in [-0.05, 0) is 25.7 Å². The molecule has 3 atom stereocenters. The molecule has 0 radical (unpaired) electrons. The molecule has 0 heterocycles. The Kier molecular flexibility index (Phi) is 2.55. The Balaban J connectivity index is 2.54. The van der Waals surface area contributed by atoms with Gasteiger partial charge in [-0.3, -0.25) is 4.79 Å². The number of carbonyl (C=O) groups is 1. The van der Waals surface area contributed by atoms with Crippen molar-refractivity contribution >= 4 is 5.97 Å². The first-order valence-corrected chi connectivity index (χ1v) is 4.30. The summed E-state index contributed by atoms with van der Waals surface area (Å²) in [4.78, 5) is 11.1. The summed E-state index contributed by atoms with van der Waals surface area (Å²) in [6.07, 6.45) is 2.16. The normalized spacial score (nSPS) is 32.5. The highest BCUT2D eigenvalue weighted by Crippen LogP contribution is 2.48. The molecule has 0 spiro atoms. The Hall–Kier alpha value is -0.790. The summed E-state index contributed by atoms with van der Waals surface area (Å²) in [5.41, 5.74) is 1.28. The van der Waals surface area contributed by atoms with Crippen molar-refractivity contribution in [3.8, 4) is 0 Å². The molecule has 2 heteroatoms. The topological polar surface area (TPSA) is 26.3 Å². The van der Waals surface area contributed by atoms with Crippen LogP contribution in [0.1, 0.15) is 20.8 Å². The number of hydrogen-bond acceptors (Lipinski definition) is 2. The van der Waals surface area contributed by atoms with E-state index in [4.69, 9.17) is 0 Å². The molecular formula is C10H16O2. The molecule has 2 nitrogen and oxygen atoms in total. The van der Waals surface area contributed by atoms with Crippen molar-refractivity contribution in [1.82, 2.24) is 0 Å². The SMILES string of the molecule is COC(=O)C1C(C)C1C=C(C)C. The third kappa shape index (κ3) is 1.68. The van der Waals surface area contributed by atoms with Crippen LogP contribution in [-0.4, -0.2) is 13.1 Å². The van der Waals surface area contributed by atoms with Gasteiger partial charge in [0.1, 0.15) is 0 Å². The first kappa shape index (κ1) is 9.30. The Morgan fingerprint density at radius 2 is 2.00 bits per heavy atom. The Bertz CT molecular complexity index is 214. The predicted molar refractivity (Wildman–Crippen MR) is 47.6 cm³/mol. The summed E-state index contributed by atoms with van der Waals surface area (Å²) in [5.74, 6) is 0.935. The molecular weight excluding hydrogens is 152 g/mol. The standard InChI is InChI=1S/C10H16O2/c1-6(2)5-8-7(3)9(8)10(11)12-4/h5,7-9H,1-4H3. The average molecular weight is 168 g/mol. The van der Waals surface area contributed by atoms with Gasteiger partial charge in [0, 0.05) is 0 Å². The molecule has 0 aromatic carbocycles. The molecule has 1 rings (SSSR count). The van der Waals surface area contributed by atoms with E-state index in [1.807, 2.05) is 0 Å². The van der Waals surface area contributed by atoms with Crippen LogP contribution in [0, 0.1) is 17.8 Å². The molecule has 0 bridgehead atoms. The molecule has 0 aromatic rings. The van der Waals surface area contributed by atoms with Crippen LogP contribution in [0.25, 0.3) is 0 Å². The average Bonchev–Trinajstić information content (AvgIpc) is 2.59. The molecule has 1 fully saturated rings. The van der Waals surface area contributed by atoms with Crippen LogP contribution >= 0.6 is 0 Å². The summed E-state index contributed by atoms with van der Waals surface area (Å²) >= 11 is 0. The van der Waals surface area contributed by atoms with Gasteiger partial charge in [-0.2, -0.15) is 0 Å². The smallest absolute Gasteiger partial charge is 0.309 e. The number of hydrogen-bond donors (Lipinski definition) is 0. The second-order valence-corrected chi connectivity index (χ2v) is 3.73. The predicted octanol–water partition coefficient (Wildman–Crippen LogP) is 2.01. The minimum absolute atomic E-state index is 0.0648.